The summed E-state index contributed by atoms with van der Waals surface area (Å²) in [6, 6.07) is 7.53. The Balaban J connectivity index is 0.000000718. The minimum Gasteiger partial charge on any atom is -0.461 e. The zero-order valence-corrected chi connectivity index (χ0v) is 21.5. The Morgan fingerprint density at radius 3 is 2.15 bits per heavy atom. The number of rotatable bonds is 9. The van der Waals surface area contributed by atoms with Crippen LogP contribution < -0.4 is 10.6 Å². The van der Waals surface area contributed by atoms with Crippen LogP contribution in [0, 0.1) is 0 Å². The van der Waals surface area contributed by atoms with Gasteiger partial charge in [0.2, 0.25) is 0 Å². The molecule has 0 heterocycles. The van der Waals surface area contributed by atoms with Crippen LogP contribution in [0.4, 0.5) is 4.79 Å². The largest absolute Gasteiger partial charge is 0.461 e. The third-order valence-corrected chi connectivity index (χ3v) is 4.93. The molecule has 0 aliphatic heterocycles. The van der Waals surface area contributed by atoms with Gasteiger partial charge in [-0.1, -0.05) is 61.2 Å². The Labute approximate surface area is 205 Å². The maximum absolute atomic E-state index is 12.1. The lowest BCUT2D eigenvalue weighted by molar-refractivity contribution is -0.150. The molecule has 0 bridgehead atoms. The van der Waals surface area contributed by atoms with E-state index in [0.717, 1.165) is 42.4 Å². The second-order valence-corrected chi connectivity index (χ2v) is 9.56. The van der Waals surface area contributed by atoms with E-state index in [4.69, 9.17) is 9.47 Å². The number of benzene rings is 1. The minimum atomic E-state index is -0.505. The van der Waals surface area contributed by atoms with Gasteiger partial charge in [-0.15, -0.1) is 0 Å². The Kier molecular flexibility index (Phi) is 13.0. The maximum Gasteiger partial charge on any atom is 0.407 e. The normalized spacial score (nSPS) is 14.6. The van der Waals surface area contributed by atoms with E-state index >= 15 is 0 Å². The molecule has 6 nitrogen and oxygen atoms in total. The highest BCUT2D eigenvalue weighted by atomic mass is 16.6. The fraction of sp³-hybridized carbons (Fsp3) is 0.500. The molecule has 1 aliphatic carbocycles. The van der Waals surface area contributed by atoms with Crippen LogP contribution in [0.2, 0.25) is 0 Å². The standard InChI is InChI=1S/C21H32N2O4.C7H10/c1-15(19(24)26-18-7-5-6-8-18)22-13-16-9-11-17(12-10-16)14-23-20(25)27-21(2,3)4;1-4-5-6-7(2)3/h9-12,15,18,22H,5-8,13-14H2,1-4H3,(H,23,25);4-6H,1-2H2,3H3/b;6-5-/t15-;/m0./s1. The van der Waals surface area contributed by atoms with Gasteiger partial charge in [0.05, 0.1) is 0 Å². The van der Waals surface area contributed by atoms with Crippen LogP contribution in [-0.2, 0) is 27.4 Å². The van der Waals surface area contributed by atoms with Gasteiger partial charge in [-0.05, 0) is 71.4 Å². The van der Waals surface area contributed by atoms with Gasteiger partial charge in [0.15, 0.2) is 0 Å². The summed E-state index contributed by atoms with van der Waals surface area (Å²) in [5, 5.41) is 5.94. The van der Waals surface area contributed by atoms with Crippen LogP contribution in [0.15, 0.2) is 61.2 Å². The monoisotopic (exact) mass is 470 g/mol. The highest BCUT2D eigenvalue weighted by Gasteiger charge is 2.22. The minimum absolute atomic E-state index is 0.0958. The second-order valence-electron chi connectivity index (χ2n) is 9.56. The molecule has 0 saturated heterocycles. The smallest absolute Gasteiger partial charge is 0.407 e. The summed E-state index contributed by atoms with van der Waals surface area (Å²) in [5.41, 5.74) is 2.60. The number of hydrogen-bond donors (Lipinski definition) is 2. The number of allylic oxidation sites excluding steroid dienone is 4. The van der Waals surface area contributed by atoms with Crippen LogP contribution in [-0.4, -0.2) is 29.8 Å². The Hall–Kier alpha value is -2.86. The molecular weight excluding hydrogens is 428 g/mol. The molecule has 1 saturated carbocycles. The molecule has 1 atom stereocenters. The summed E-state index contributed by atoms with van der Waals surface area (Å²) in [7, 11) is 0. The third kappa shape index (κ3) is 13.6. The molecule has 0 unspecified atom stereocenters. The second kappa shape index (κ2) is 15.1. The predicted octanol–water partition coefficient (Wildman–Crippen LogP) is 5.98. The molecule has 1 aromatic carbocycles. The first-order chi connectivity index (χ1) is 16.0. The Morgan fingerprint density at radius 1 is 1.12 bits per heavy atom. The number of esters is 1. The summed E-state index contributed by atoms with van der Waals surface area (Å²) < 4.78 is 10.7. The first kappa shape index (κ1) is 29.2. The van der Waals surface area contributed by atoms with Crippen molar-refractivity contribution in [2.75, 3.05) is 0 Å². The van der Waals surface area contributed by atoms with Gasteiger partial charge in [0.1, 0.15) is 17.7 Å². The number of nitrogens with one attached hydrogen (secondary N) is 2. The Bertz CT molecular complexity index is 816. The molecule has 0 spiro atoms. The van der Waals surface area contributed by atoms with Crippen molar-refractivity contribution in [1.82, 2.24) is 10.6 Å². The summed E-state index contributed by atoms with van der Waals surface area (Å²) >= 11 is 0. The molecule has 1 aliphatic rings. The number of carbonyl (C=O) groups is 2. The van der Waals surface area contributed by atoms with Gasteiger partial charge in [0, 0.05) is 13.1 Å². The van der Waals surface area contributed by atoms with Crippen molar-refractivity contribution in [2.45, 2.75) is 91.1 Å². The van der Waals surface area contributed by atoms with Crippen molar-refractivity contribution < 1.29 is 19.1 Å². The van der Waals surface area contributed by atoms with Crippen molar-refractivity contribution in [1.29, 1.82) is 0 Å². The molecule has 6 heteroatoms. The van der Waals surface area contributed by atoms with Crippen LogP contribution in [0.3, 0.4) is 0 Å². The summed E-state index contributed by atoms with van der Waals surface area (Å²) in [5.74, 6) is -0.180. The van der Waals surface area contributed by atoms with E-state index in [1.165, 1.54) is 0 Å². The summed E-state index contributed by atoms with van der Waals surface area (Å²) in [4.78, 5) is 23.8. The molecule has 2 rings (SSSR count). The topological polar surface area (TPSA) is 76.7 Å². The number of hydrogen-bond acceptors (Lipinski definition) is 5. The third-order valence-electron chi connectivity index (χ3n) is 4.93. The zero-order valence-electron chi connectivity index (χ0n) is 21.5. The van der Waals surface area contributed by atoms with E-state index in [1.54, 1.807) is 6.08 Å². The van der Waals surface area contributed by atoms with Gasteiger partial charge in [0.25, 0.3) is 0 Å². The SMILES string of the molecule is C=C/C=C\C(=C)C.C[C@H](NCc1ccc(CNC(=O)OC(C)(C)C)cc1)C(=O)OC1CCCC1. The van der Waals surface area contributed by atoms with Crippen LogP contribution in [0.1, 0.15) is 71.4 Å². The van der Waals surface area contributed by atoms with Crippen LogP contribution in [0.25, 0.3) is 0 Å². The van der Waals surface area contributed by atoms with E-state index in [9.17, 15) is 9.59 Å². The molecule has 1 fully saturated rings. The molecular formula is C28H42N2O4. The quantitative estimate of drug-likeness (QED) is 0.343. The maximum atomic E-state index is 12.1. The van der Waals surface area contributed by atoms with Crippen molar-refractivity contribution >= 4 is 12.1 Å². The summed E-state index contributed by atoms with van der Waals surface area (Å²) in [6.45, 7) is 17.4. The first-order valence-electron chi connectivity index (χ1n) is 11.9. The van der Waals surface area contributed by atoms with E-state index < -0.39 is 11.7 Å². The lowest BCUT2D eigenvalue weighted by Crippen LogP contribution is -2.36. The van der Waals surface area contributed by atoms with Gasteiger partial charge in [-0.25, -0.2) is 4.79 Å². The summed E-state index contributed by atoms with van der Waals surface area (Å²) in [6.07, 6.45) is 9.43. The Morgan fingerprint density at radius 2 is 1.68 bits per heavy atom. The average Bonchev–Trinajstić information content (AvgIpc) is 3.27. The number of amides is 1. The fourth-order valence-electron chi connectivity index (χ4n) is 3.12. The molecule has 2 N–H and O–H groups in total. The molecule has 0 radical (unpaired) electrons. The van der Waals surface area contributed by atoms with Crippen molar-refractivity contribution in [2.24, 2.45) is 0 Å². The lowest BCUT2D eigenvalue weighted by Gasteiger charge is -2.19. The van der Waals surface area contributed by atoms with Gasteiger partial charge >= 0.3 is 12.1 Å². The number of alkyl carbamates (subject to hydrolysis) is 1. The van der Waals surface area contributed by atoms with Gasteiger partial charge < -0.3 is 20.1 Å². The highest BCUT2D eigenvalue weighted by Crippen LogP contribution is 2.21. The average molecular weight is 471 g/mol. The van der Waals surface area contributed by atoms with Crippen molar-refractivity contribution in [3.05, 3.63) is 72.4 Å². The fourth-order valence-corrected chi connectivity index (χ4v) is 3.12. The van der Waals surface area contributed by atoms with Gasteiger partial charge in [-0.2, -0.15) is 0 Å². The van der Waals surface area contributed by atoms with E-state index in [2.05, 4.69) is 23.8 Å². The zero-order chi connectivity index (χ0) is 25.6. The van der Waals surface area contributed by atoms with Crippen LogP contribution in [0.5, 0.6) is 0 Å². The van der Waals surface area contributed by atoms with Crippen molar-refractivity contribution in [3.63, 3.8) is 0 Å². The molecule has 0 aromatic heterocycles. The number of ether oxygens (including phenoxy) is 2. The van der Waals surface area contributed by atoms with Crippen molar-refractivity contribution in [3.8, 4) is 0 Å². The predicted molar refractivity (Wildman–Crippen MR) is 138 cm³/mol. The highest BCUT2D eigenvalue weighted by molar-refractivity contribution is 5.75. The molecule has 188 valence electrons. The molecule has 34 heavy (non-hydrogen) atoms. The van der Waals surface area contributed by atoms with Crippen LogP contribution >= 0.6 is 0 Å². The first-order valence-corrected chi connectivity index (χ1v) is 11.9. The van der Waals surface area contributed by atoms with E-state index in [0.29, 0.717) is 13.1 Å². The number of carbonyl (C=O) groups excluding carboxylic acids is 2. The van der Waals surface area contributed by atoms with Gasteiger partial charge in [-0.3, -0.25) is 4.79 Å². The molecule has 1 amide bonds. The van der Waals surface area contributed by atoms with E-state index in [1.807, 2.05) is 71.0 Å². The lowest BCUT2D eigenvalue weighted by atomic mass is 10.1. The van der Waals surface area contributed by atoms with E-state index in [-0.39, 0.29) is 18.1 Å². The molecule has 1 aromatic rings.